The van der Waals surface area contributed by atoms with Gasteiger partial charge in [-0.1, -0.05) is 72.8 Å². The lowest BCUT2D eigenvalue weighted by atomic mass is 10.2. The molecule has 0 fully saturated rings. The Morgan fingerprint density at radius 2 is 1.17 bits per heavy atom. The number of fused-ring (bicyclic) bond motifs is 4. The summed E-state index contributed by atoms with van der Waals surface area (Å²) in [5.41, 5.74) is 12.3. The molecule has 0 aliphatic rings. The van der Waals surface area contributed by atoms with Gasteiger partial charge in [0.25, 0.3) is 0 Å². The molecular weight excluding hydrogens is 590 g/mol. The molecule has 8 aromatic rings. The van der Waals surface area contributed by atoms with Gasteiger partial charge >= 0.3 is 0 Å². The molecule has 0 atom stereocenters. The number of hydrogen-bond donors (Lipinski definition) is 2. The minimum Gasteiger partial charge on any atom is -0.361 e. The number of hydrogen-bond acceptors (Lipinski definition) is 2. The minimum absolute atomic E-state index is 0.726. The van der Waals surface area contributed by atoms with Crippen LogP contribution in [0.3, 0.4) is 0 Å². The van der Waals surface area contributed by atoms with Crippen molar-refractivity contribution < 1.29 is 4.79 Å². The van der Waals surface area contributed by atoms with Gasteiger partial charge in [-0.05, 0) is 92.0 Å². The summed E-state index contributed by atoms with van der Waals surface area (Å²) in [7, 11) is 8.10. The number of aromatic amines is 1. The summed E-state index contributed by atoms with van der Waals surface area (Å²) in [4.78, 5) is 13.9. The minimum atomic E-state index is 0.726. The maximum Gasteiger partial charge on any atom is 0.166 e. The lowest BCUT2D eigenvalue weighted by Crippen LogP contribution is -2.08. The van der Waals surface area contributed by atoms with Gasteiger partial charge in [0, 0.05) is 62.1 Å². The molecule has 4 aromatic heterocycles. The fourth-order valence-electron chi connectivity index (χ4n) is 6.59. The molecule has 0 aliphatic heterocycles. The number of carbonyl (C=O) groups excluding carboxylic acids is 1. The van der Waals surface area contributed by atoms with Crippen molar-refractivity contribution in [3.63, 3.8) is 0 Å². The van der Waals surface area contributed by atoms with Gasteiger partial charge in [-0.2, -0.15) is 0 Å². The zero-order valence-corrected chi connectivity index (χ0v) is 29.4. The maximum atomic E-state index is 10.7. The summed E-state index contributed by atoms with van der Waals surface area (Å²) < 4.78 is 6.35. The van der Waals surface area contributed by atoms with Crippen molar-refractivity contribution in [2.45, 2.75) is 34.2 Å². The number of carbonyl (C=O) groups is 1. The lowest BCUT2D eigenvalue weighted by molar-refractivity contribution is 0.111. The van der Waals surface area contributed by atoms with E-state index in [-0.39, 0.29) is 0 Å². The summed E-state index contributed by atoms with van der Waals surface area (Å²) in [5, 5.41) is 8.26. The van der Waals surface area contributed by atoms with Gasteiger partial charge in [0.2, 0.25) is 0 Å². The van der Waals surface area contributed by atoms with E-state index in [1.54, 1.807) is 0 Å². The van der Waals surface area contributed by atoms with E-state index in [0.717, 1.165) is 29.4 Å². The molecule has 4 aromatic carbocycles. The topological polar surface area (TPSA) is 59.7 Å². The summed E-state index contributed by atoms with van der Waals surface area (Å²) >= 11 is 0. The summed E-state index contributed by atoms with van der Waals surface area (Å²) in [6.07, 6.45) is 4.95. The number of benzene rings is 4. The van der Waals surface area contributed by atoms with E-state index in [4.69, 9.17) is 0 Å². The first-order valence-corrected chi connectivity index (χ1v) is 16.4. The Bertz CT molecular complexity index is 2310. The fraction of sp³-hybridized carbons (Fsp3) is 0.214. The number of para-hydroxylation sites is 4. The first-order chi connectivity index (χ1) is 23.1. The maximum absolute atomic E-state index is 10.7. The molecule has 246 valence electrons. The Morgan fingerprint density at radius 3 is 1.71 bits per heavy atom. The van der Waals surface area contributed by atoms with E-state index < -0.39 is 0 Å². The smallest absolute Gasteiger partial charge is 0.166 e. The lowest BCUT2D eigenvalue weighted by Gasteiger charge is -2.04. The van der Waals surface area contributed by atoms with E-state index in [0.29, 0.717) is 0 Å². The fourth-order valence-corrected chi connectivity index (χ4v) is 6.59. The van der Waals surface area contributed by atoms with Crippen LogP contribution in [0.5, 0.6) is 0 Å². The first-order valence-electron chi connectivity index (χ1n) is 16.4. The molecular formula is C42H47N5O. The predicted molar refractivity (Wildman–Crippen MR) is 204 cm³/mol. The molecule has 6 nitrogen and oxygen atoms in total. The van der Waals surface area contributed by atoms with E-state index in [1.165, 1.54) is 60.7 Å². The molecule has 0 spiro atoms. The Morgan fingerprint density at radius 1 is 0.625 bits per heavy atom. The van der Waals surface area contributed by atoms with E-state index in [9.17, 15) is 4.79 Å². The molecule has 0 saturated carbocycles. The molecule has 0 radical (unpaired) electrons. The third-order valence-corrected chi connectivity index (χ3v) is 9.03. The molecule has 48 heavy (non-hydrogen) atoms. The number of aldehydes is 1. The summed E-state index contributed by atoms with van der Waals surface area (Å²) in [5.74, 6) is 0. The number of nitrogens with one attached hydrogen (secondary N) is 2. The number of aromatic nitrogens is 4. The van der Waals surface area contributed by atoms with Crippen LogP contribution < -0.4 is 5.32 Å². The first kappa shape index (κ1) is 34.0. The number of aryl methyl sites for hydroxylation is 7. The van der Waals surface area contributed by atoms with Crippen molar-refractivity contribution in [2.75, 3.05) is 7.05 Å². The highest BCUT2D eigenvalue weighted by Crippen LogP contribution is 2.23. The van der Waals surface area contributed by atoms with E-state index >= 15 is 0 Å². The van der Waals surface area contributed by atoms with Gasteiger partial charge in [0.15, 0.2) is 6.29 Å². The van der Waals surface area contributed by atoms with Crippen LogP contribution in [0.2, 0.25) is 0 Å². The van der Waals surface area contributed by atoms with Crippen LogP contribution in [-0.2, 0) is 27.7 Å². The van der Waals surface area contributed by atoms with Crippen LogP contribution in [0.15, 0.2) is 109 Å². The standard InChI is InChI=1S/C12H16N2.C11H11NO.C10H11N.C9H9N/c1-9-5-4-6-10-7-11(8-13-2)14(3)12(9)10;1-8-4-3-5-9-6-10(7-13)12(2)11(8)9;1-8-4-3-5-9-6-7-11(2)10(8)9;1-7-3-2-4-8-5-6-10-9(7)8/h4-7,13H,8H2,1-3H3;3-7H,1-2H3;3-7H,1-2H3;2-6,10H,1H3. The molecule has 0 bridgehead atoms. The Hall–Kier alpha value is -5.33. The van der Waals surface area contributed by atoms with Crippen LogP contribution in [0, 0.1) is 27.7 Å². The number of nitrogens with zero attached hydrogens (tertiary/aromatic N) is 3. The molecule has 2 N–H and O–H groups in total. The van der Waals surface area contributed by atoms with Crippen LogP contribution in [0.25, 0.3) is 43.6 Å². The van der Waals surface area contributed by atoms with Crippen molar-refractivity contribution in [1.29, 1.82) is 0 Å². The average molecular weight is 638 g/mol. The van der Waals surface area contributed by atoms with Crippen LogP contribution in [0.1, 0.15) is 38.4 Å². The monoisotopic (exact) mass is 637 g/mol. The molecule has 0 unspecified atom stereocenters. The van der Waals surface area contributed by atoms with Gasteiger partial charge in [-0.25, -0.2) is 0 Å². The summed E-state index contributed by atoms with van der Waals surface area (Å²) in [6.45, 7) is 9.38. The van der Waals surface area contributed by atoms with Crippen LogP contribution in [0.4, 0.5) is 0 Å². The quantitative estimate of drug-likeness (QED) is 0.190. The average Bonchev–Trinajstić information content (AvgIpc) is 3.85. The highest BCUT2D eigenvalue weighted by molar-refractivity contribution is 5.90. The zero-order chi connectivity index (χ0) is 34.4. The second kappa shape index (κ2) is 15.1. The van der Waals surface area contributed by atoms with Gasteiger partial charge < -0.3 is 24.0 Å². The molecule has 4 heterocycles. The highest BCUT2D eigenvalue weighted by atomic mass is 16.1. The third-order valence-electron chi connectivity index (χ3n) is 9.03. The molecule has 6 heteroatoms. The SMILES string of the molecule is CNCc1cc2cccc(C)c2n1C.Cc1cccc2cc(C=O)n(C)c12.Cc1cccc2cc[nH]c12.Cc1cccc2ccn(C)c12. The van der Waals surface area contributed by atoms with Crippen molar-refractivity contribution in [1.82, 2.24) is 24.0 Å². The Labute approximate surface area is 283 Å². The van der Waals surface area contributed by atoms with Gasteiger partial charge in [-0.15, -0.1) is 0 Å². The van der Waals surface area contributed by atoms with Crippen molar-refractivity contribution in [2.24, 2.45) is 21.1 Å². The van der Waals surface area contributed by atoms with Crippen molar-refractivity contribution in [3.8, 4) is 0 Å². The van der Waals surface area contributed by atoms with Gasteiger partial charge in [-0.3, -0.25) is 4.79 Å². The molecule has 0 amide bonds. The van der Waals surface area contributed by atoms with Crippen molar-refractivity contribution in [3.05, 3.63) is 143 Å². The predicted octanol–water partition coefficient (Wildman–Crippen LogP) is 9.47. The largest absolute Gasteiger partial charge is 0.361 e. The third kappa shape index (κ3) is 7.14. The van der Waals surface area contributed by atoms with E-state index in [2.05, 4.69) is 146 Å². The Balaban J connectivity index is 0.000000126. The second-order valence-electron chi connectivity index (χ2n) is 12.5. The molecule has 0 saturated heterocycles. The van der Waals surface area contributed by atoms with Crippen LogP contribution >= 0.6 is 0 Å². The Kier molecular flexibility index (Phi) is 10.7. The van der Waals surface area contributed by atoms with Crippen LogP contribution in [-0.4, -0.2) is 32.0 Å². The normalized spacial score (nSPS) is 10.8. The van der Waals surface area contributed by atoms with E-state index in [1.807, 2.05) is 43.1 Å². The van der Waals surface area contributed by atoms with Crippen molar-refractivity contribution >= 4 is 49.9 Å². The second-order valence-corrected chi connectivity index (χ2v) is 12.5. The zero-order valence-electron chi connectivity index (χ0n) is 29.4. The highest BCUT2D eigenvalue weighted by Gasteiger charge is 2.07. The molecule has 0 aliphatic carbocycles. The summed E-state index contributed by atoms with van der Waals surface area (Å²) in [6, 6.07) is 33.6. The number of rotatable bonds is 3. The van der Waals surface area contributed by atoms with Gasteiger partial charge in [0.1, 0.15) is 0 Å². The molecule has 8 rings (SSSR count). The number of H-pyrrole nitrogens is 1. The van der Waals surface area contributed by atoms with Gasteiger partial charge in [0.05, 0.1) is 22.2 Å².